The number of rotatable bonds is 4. The summed E-state index contributed by atoms with van der Waals surface area (Å²) in [7, 11) is 0. The Morgan fingerprint density at radius 2 is 2.05 bits per heavy atom. The first-order valence-electron chi connectivity index (χ1n) is 5.73. The Balaban J connectivity index is 2.13. The molecule has 1 N–H and O–H groups in total. The standard InChI is InChI=1S/C14H12BrClN2O/c15-12-6-11(8-17-9-12)14(19)18-13(7-16)10-4-2-1-3-5-10/h1-6,8-9,13H,7H2,(H,18,19). The molecular formula is C14H12BrClN2O. The molecule has 5 heteroatoms. The van der Waals surface area contributed by atoms with E-state index in [4.69, 9.17) is 11.6 Å². The van der Waals surface area contributed by atoms with Crippen LogP contribution in [0.15, 0.2) is 53.3 Å². The molecule has 19 heavy (non-hydrogen) atoms. The highest BCUT2D eigenvalue weighted by molar-refractivity contribution is 9.10. The van der Waals surface area contributed by atoms with Crippen LogP contribution in [0, 0.1) is 0 Å². The number of carbonyl (C=O) groups excluding carboxylic acids is 1. The number of carbonyl (C=O) groups is 1. The van der Waals surface area contributed by atoms with Gasteiger partial charge in [-0.2, -0.15) is 0 Å². The van der Waals surface area contributed by atoms with E-state index in [0.29, 0.717) is 11.4 Å². The minimum absolute atomic E-state index is 0.191. The third-order valence-corrected chi connectivity index (χ3v) is 3.37. The Kier molecular flexibility index (Phi) is 4.93. The normalized spacial score (nSPS) is 11.9. The maximum absolute atomic E-state index is 12.1. The second-order valence-electron chi connectivity index (χ2n) is 3.98. The van der Waals surface area contributed by atoms with Crippen LogP contribution in [0.4, 0.5) is 0 Å². The van der Waals surface area contributed by atoms with Crippen molar-refractivity contribution in [2.24, 2.45) is 0 Å². The van der Waals surface area contributed by atoms with Crippen molar-refractivity contribution in [1.29, 1.82) is 0 Å². The van der Waals surface area contributed by atoms with E-state index in [2.05, 4.69) is 26.2 Å². The third kappa shape index (κ3) is 3.78. The lowest BCUT2D eigenvalue weighted by Crippen LogP contribution is -2.29. The lowest BCUT2D eigenvalue weighted by atomic mass is 10.1. The fraction of sp³-hybridized carbons (Fsp3) is 0.143. The van der Waals surface area contributed by atoms with E-state index in [-0.39, 0.29) is 11.9 Å². The molecule has 0 aliphatic rings. The molecule has 0 radical (unpaired) electrons. The van der Waals surface area contributed by atoms with Gasteiger partial charge >= 0.3 is 0 Å². The number of amides is 1. The Labute approximate surface area is 125 Å². The molecule has 0 bridgehead atoms. The van der Waals surface area contributed by atoms with Gasteiger partial charge in [0.15, 0.2) is 0 Å². The van der Waals surface area contributed by atoms with Gasteiger partial charge in [-0.05, 0) is 27.6 Å². The summed E-state index contributed by atoms with van der Waals surface area (Å²) in [5, 5.41) is 2.89. The van der Waals surface area contributed by atoms with E-state index in [1.54, 1.807) is 12.3 Å². The average Bonchev–Trinajstić information content (AvgIpc) is 2.45. The Hall–Kier alpha value is -1.39. The predicted octanol–water partition coefficient (Wildman–Crippen LogP) is 3.55. The number of hydrogen-bond donors (Lipinski definition) is 1. The SMILES string of the molecule is O=C(NC(CCl)c1ccccc1)c1cncc(Br)c1. The summed E-state index contributed by atoms with van der Waals surface area (Å²) in [6, 6.07) is 11.1. The summed E-state index contributed by atoms with van der Waals surface area (Å²) in [6.45, 7) is 0. The number of halogens is 2. The zero-order chi connectivity index (χ0) is 13.7. The van der Waals surface area contributed by atoms with Gasteiger partial charge in [0.1, 0.15) is 0 Å². The molecule has 1 heterocycles. The molecule has 0 aliphatic heterocycles. The molecular weight excluding hydrogens is 328 g/mol. The summed E-state index contributed by atoms with van der Waals surface area (Å²) >= 11 is 9.22. The molecule has 0 saturated carbocycles. The van der Waals surface area contributed by atoms with Crippen molar-refractivity contribution in [2.45, 2.75) is 6.04 Å². The second-order valence-corrected chi connectivity index (χ2v) is 5.21. The van der Waals surface area contributed by atoms with Gasteiger partial charge < -0.3 is 5.32 Å². The van der Waals surface area contributed by atoms with Crippen LogP contribution in [0.2, 0.25) is 0 Å². The minimum atomic E-state index is -0.214. The van der Waals surface area contributed by atoms with Crippen LogP contribution in [0.25, 0.3) is 0 Å². The van der Waals surface area contributed by atoms with Crippen LogP contribution >= 0.6 is 27.5 Å². The van der Waals surface area contributed by atoms with E-state index in [0.717, 1.165) is 10.0 Å². The Morgan fingerprint density at radius 3 is 2.68 bits per heavy atom. The van der Waals surface area contributed by atoms with Crippen LogP contribution in [-0.2, 0) is 0 Å². The highest BCUT2D eigenvalue weighted by Crippen LogP contribution is 2.16. The number of hydrogen-bond acceptors (Lipinski definition) is 2. The monoisotopic (exact) mass is 338 g/mol. The summed E-state index contributed by atoms with van der Waals surface area (Å²) < 4.78 is 0.766. The molecule has 1 unspecified atom stereocenters. The molecule has 0 aliphatic carbocycles. The molecule has 1 amide bonds. The van der Waals surface area contributed by atoms with Crippen molar-refractivity contribution in [2.75, 3.05) is 5.88 Å². The lowest BCUT2D eigenvalue weighted by molar-refractivity contribution is 0.0940. The summed E-state index contributed by atoms with van der Waals surface area (Å²) in [5.74, 6) is 0.125. The fourth-order valence-electron chi connectivity index (χ4n) is 1.67. The van der Waals surface area contributed by atoms with Crippen LogP contribution in [0.5, 0.6) is 0 Å². The Bertz CT molecular complexity index is 562. The summed E-state index contributed by atoms with van der Waals surface area (Å²) in [4.78, 5) is 16.1. The third-order valence-electron chi connectivity index (χ3n) is 2.63. The van der Waals surface area contributed by atoms with Gasteiger partial charge in [-0.3, -0.25) is 9.78 Å². The lowest BCUT2D eigenvalue weighted by Gasteiger charge is -2.16. The van der Waals surface area contributed by atoms with Crippen molar-refractivity contribution >= 4 is 33.4 Å². The number of benzene rings is 1. The molecule has 1 aromatic carbocycles. The van der Waals surface area contributed by atoms with Gasteiger partial charge in [0.25, 0.3) is 5.91 Å². The largest absolute Gasteiger partial charge is 0.344 e. The van der Waals surface area contributed by atoms with Crippen LogP contribution in [0.1, 0.15) is 22.0 Å². The van der Waals surface area contributed by atoms with Gasteiger partial charge in [0, 0.05) is 22.7 Å². The van der Waals surface area contributed by atoms with Crippen molar-refractivity contribution in [1.82, 2.24) is 10.3 Å². The van der Waals surface area contributed by atoms with Gasteiger partial charge in [-0.1, -0.05) is 30.3 Å². The van der Waals surface area contributed by atoms with Crippen molar-refractivity contribution in [3.8, 4) is 0 Å². The predicted molar refractivity (Wildman–Crippen MR) is 79.3 cm³/mol. The maximum atomic E-state index is 12.1. The number of alkyl halides is 1. The first kappa shape index (κ1) is 14.0. The number of nitrogens with zero attached hydrogens (tertiary/aromatic N) is 1. The molecule has 98 valence electrons. The van der Waals surface area contributed by atoms with Crippen LogP contribution < -0.4 is 5.32 Å². The molecule has 0 fully saturated rings. The fourth-order valence-corrected chi connectivity index (χ4v) is 2.29. The Morgan fingerprint density at radius 1 is 1.32 bits per heavy atom. The zero-order valence-electron chi connectivity index (χ0n) is 10.0. The molecule has 0 spiro atoms. The van der Waals surface area contributed by atoms with Crippen molar-refractivity contribution < 1.29 is 4.79 Å². The molecule has 1 aromatic heterocycles. The molecule has 2 rings (SSSR count). The molecule has 3 nitrogen and oxygen atoms in total. The van der Waals surface area contributed by atoms with E-state index in [1.165, 1.54) is 6.20 Å². The number of aromatic nitrogens is 1. The molecule has 0 saturated heterocycles. The number of nitrogens with one attached hydrogen (secondary N) is 1. The van der Waals surface area contributed by atoms with Crippen molar-refractivity contribution in [3.05, 3.63) is 64.4 Å². The van der Waals surface area contributed by atoms with Gasteiger partial charge in [-0.15, -0.1) is 11.6 Å². The number of pyridine rings is 1. The maximum Gasteiger partial charge on any atom is 0.253 e. The quantitative estimate of drug-likeness (QED) is 0.866. The first-order valence-corrected chi connectivity index (χ1v) is 7.06. The van der Waals surface area contributed by atoms with E-state index in [1.807, 2.05) is 30.3 Å². The van der Waals surface area contributed by atoms with E-state index < -0.39 is 0 Å². The van der Waals surface area contributed by atoms with Gasteiger partial charge in [-0.25, -0.2) is 0 Å². The van der Waals surface area contributed by atoms with Crippen molar-refractivity contribution in [3.63, 3.8) is 0 Å². The van der Waals surface area contributed by atoms with Gasteiger partial charge in [0.05, 0.1) is 11.6 Å². The zero-order valence-corrected chi connectivity index (χ0v) is 12.4. The summed E-state index contributed by atoms with van der Waals surface area (Å²) in [6.07, 6.45) is 3.16. The highest BCUT2D eigenvalue weighted by atomic mass is 79.9. The minimum Gasteiger partial charge on any atom is -0.344 e. The van der Waals surface area contributed by atoms with E-state index in [9.17, 15) is 4.79 Å². The van der Waals surface area contributed by atoms with Crippen LogP contribution in [-0.4, -0.2) is 16.8 Å². The average molecular weight is 340 g/mol. The van der Waals surface area contributed by atoms with Gasteiger partial charge in [0.2, 0.25) is 0 Å². The molecule has 2 aromatic rings. The topological polar surface area (TPSA) is 42.0 Å². The first-order chi connectivity index (χ1) is 9.20. The molecule has 1 atom stereocenters. The van der Waals surface area contributed by atoms with E-state index >= 15 is 0 Å². The second kappa shape index (κ2) is 6.68. The highest BCUT2D eigenvalue weighted by Gasteiger charge is 2.14. The van der Waals surface area contributed by atoms with Crippen LogP contribution in [0.3, 0.4) is 0 Å². The smallest absolute Gasteiger partial charge is 0.253 e. The summed E-state index contributed by atoms with van der Waals surface area (Å²) in [5.41, 5.74) is 1.48.